The number of aryl methyl sites for hydroxylation is 2. The zero-order chi connectivity index (χ0) is 44.0. The molecule has 2 aromatic rings. The fraction of sp³-hybridized carbons (Fsp3) is 0.690. The largest absolute Gasteiger partial charge is 2.00 e. The molecule has 0 fully saturated rings. The predicted molar refractivity (Wildman–Crippen MR) is 271 cm³/mol. The summed E-state index contributed by atoms with van der Waals surface area (Å²) in [6.45, 7) is 19.0. The second kappa shape index (κ2) is 48.9. The molecule has 0 heterocycles. The molecule has 0 bridgehead atoms. The maximum Gasteiger partial charge on any atom is 2.00 e. The Labute approximate surface area is 392 Å². The standard InChI is InChI=1S/C30H40N2.2C14H29.Ni/c1-4-7-10-11-13-26-17-21-29(22-18-26)30(27(14-9-6-3)23-24-32-31)28-19-15-25(16-20-28)12-8-5-2;2*1-3-5-7-9-11-13-14-12-10-8-6-4-2;/h15-23H,4-14H2,1-3H3;2*1,3-14H2,2H3;/q;2*-1;+2. The summed E-state index contributed by atoms with van der Waals surface area (Å²) >= 11 is 0. The van der Waals surface area contributed by atoms with Gasteiger partial charge < -0.3 is 19.4 Å². The molecular weight excluding hydrogens is 783 g/mol. The average molecular weight is 882 g/mol. The van der Waals surface area contributed by atoms with Crippen molar-refractivity contribution >= 4 is 11.4 Å². The van der Waals surface area contributed by atoms with E-state index in [1.807, 2.05) is 6.08 Å². The minimum absolute atomic E-state index is 0. The van der Waals surface area contributed by atoms with Gasteiger partial charge in [0.15, 0.2) is 0 Å². The molecular formula is C58H98N2Ni. The summed E-state index contributed by atoms with van der Waals surface area (Å²) < 4.78 is 0. The molecule has 0 amide bonds. The molecule has 0 aromatic heterocycles. The monoisotopic (exact) mass is 881 g/mol. The third-order valence-electron chi connectivity index (χ3n) is 11.7. The van der Waals surface area contributed by atoms with Gasteiger partial charge in [-0.15, -0.1) is 4.79 Å². The normalized spacial score (nSPS) is 10.9. The molecule has 2 nitrogen and oxygen atoms in total. The van der Waals surface area contributed by atoms with Crippen molar-refractivity contribution in [2.75, 3.05) is 0 Å². The number of unbranched alkanes of at least 4 members (excludes halogenated alkanes) is 27. The summed E-state index contributed by atoms with van der Waals surface area (Å²) in [5.41, 5.74) is 16.6. The van der Waals surface area contributed by atoms with Crippen LogP contribution in [0.15, 0.2) is 60.2 Å². The fourth-order valence-electron chi connectivity index (χ4n) is 7.78. The summed E-state index contributed by atoms with van der Waals surface area (Å²) in [6, 6.07) is 18.1. The first-order valence-electron chi connectivity index (χ1n) is 26.0. The van der Waals surface area contributed by atoms with Gasteiger partial charge in [-0.1, -0.05) is 257 Å². The minimum Gasteiger partial charge on any atom is -0.348 e. The van der Waals surface area contributed by atoms with Crippen LogP contribution in [-0.2, 0) is 29.3 Å². The number of benzene rings is 2. The van der Waals surface area contributed by atoms with Crippen LogP contribution in [0.4, 0.5) is 0 Å². The topological polar surface area (TPSA) is 36.4 Å². The van der Waals surface area contributed by atoms with Crippen molar-refractivity contribution in [3.05, 3.63) is 102 Å². The summed E-state index contributed by atoms with van der Waals surface area (Å²) in [5, 5.41) is 0. The predicted octanol–water partition coefficient (Wildman–Crippen LogP) is 19.6. The Hall–Kier alpha value is -2.17. The molecule has 3 heteroatoms. The summed E-state index contributed by atoms with van der Waals surface area (Å²) in [5.74, 6) is 2.67. The Morgan fingerprint density at radius 3 is 1.08 bits per heavy atom. The fourth-order valence-corrected chi connectivity index (χ4v) is 7.78. The van der Waals surface area contributed by atoms with Crippen LogP contribution < -0.4 is 0 Å². The summed E-state index contributed by atoms with van der Waals surface area (Å²) in [7, 11) is 0. The van der Waals surface area contributed by atoms with Crippen LogP contribution in [0, 0.1) is 13.8 Å². The zero-order valence-corrected chi connectivity index (χ0v) is 42.1. The number of hydrogen-bond acceptors (Lipinski definition) is 0. The van der Waals surface area contributed by atoms with Crippen LogP contribution in [0.2, 0.25) is 0 Å². The van der Waals surface area contributed by atoms with E-state index >= 15 is 0 Å². The van der Waals surface area contributed by atoms with Gasteiger partial charge in [-0.2, -0.15) is 12.8 Å². The van der Waals surface area contributed by atoms with Gasteiger partial charge >= 0.3 is 16.5 Å². The Morgan fingerprint density at radius 1 is 0.443 bits per heavy atom. The van der Waals surface area contributed by atoms with Crippen LogP contribution in [0.3, 0.4) is 0 Å². The zero-order valence-electron chi connectivity index (χ0n) is 41.1. The van der Waals surface area contributed by atoms with Crippen LogP contribution in [0.25, 0.3) is 11.1 Å². The molecule has 0 atom stereocenters. The van der Waals surface area contributed by atoms with Crippen molar-refractivity contribution in [2.24, 2.45) is 0 Å². The molecule has 0 saturated carbocycles. The van der Waals surface area contributed by atoms with Gasteiger partial charge in [-0.25, -0.2) is 0 Å². The molecule has 61 heavy (non-hydrogen) atoms. The van der Waals surface area contributed by atoms with Crippen molar-refractivity contribution in [2.45, 2.75) is 259 Å². The first-order chi connectivity index (χ1) is 29.6. The third kappa shape index (κ3) is 37.0. The smallest absolute Gasteiger partial charge is 0.348 e. The molecule has 0 saturated heterocycles. The van der Waals surface area contributed by atoms with Crippen LogP contribution >= 0.6 is 0 Å². The van der Waals surface area contributed by atoms with Crippen molar-refractivity contribution in [3.8, 4) is 0 Å². The Kier molecular flexibility index (Phi) is 48.8. The number of allylic oxidation sites excluding steroid dienone is 2. The van der Waals surface area contributed by atoms with Gasteiger partial charge in [0.2, 0.25) is 0 Å². The average Bonchev–Trinajstić information content (AvgIpc) is 3.28. The number of rotatable bonds is 36. The maximum atomic E-state index is 9.00. The van der Waals surface area contributed by atoms with E-state index < -0.39 is 0 Å². The molecule has 2 aromatic carbocycles. The summed E-state index contributed by atoms with van der Waals surface area (Å²) in [6.07, 6.45) is 48.6. The molecule has 350 valence electrons. The van der Waals surface area contributed by atoms with E-state index in [2.05, 4.69) is 108 Å². The molecule has 0 aliphatic heterocycles. The SMILES string of the molecule is CCCCCCc1ccc(C(=C(C=C=[N+]=[N-])CCCC)c2ccc(CCCC)cc2)cc1.[CH2-]CCCCCCCCCCCCC.[CH2-]CCCCCCCCCCCCC.[Ni+2]. The van der Waals surface area contributed by atoms with E-state index in [4.69, 9.17) is 5.53 Å². The van der Waals surface area contributed by atoms with Crippen LogP contribution in [0.5, 0.6) is 0 Å². The van der Waals surface area contributed by atoms with Crippen molar-refractivity contribution in [3.63, 3.8) is 0 Å². The Bertz CT molecular complexity index is 1250. The second-order valence-electron chi connectivity index (χ2n) is 17.5. The van der Waals surface area contributed by atoms with Gasteiger partial charge in [-0.05, 0) is 71.9 Å². The van der Waals surface area contributed by atoms with Crippen molar-refractivity contribution in [1.29, 1.82) is 0 Å². The molecule has 0 aliphatic carbocycles. The van der Waals surface area contributed by atoms with Gasteiger partial charge in [0, 0.05) is 0 Å². The Balaban J connectivity index is 0. The van der Waals surface area contributed by atoms with Gasteiger partial charge in [0.05, 0.1) is 6.08 Å². The molecule has 0 N–H and O–H groups in total. The van der Waals surface area contributed by atoms with E-state index in [1.165, 1.54) is 213 Å². The molecule has 2 rings (SSSR count). The van der Waals surface area contributed by atoms with E-state index in [0.717, 1.165) is 44.9 Å². The quantitative estimate of drug-likeness (QED) is 0.0124. The minimum atomic E-state index is 0. The number of nitrogens with zero attached hydrogens (tertiary/aromatic N) is 2. The van der Waals surface area contributed by atoms with Crippen molar-refractivity contribution < 1.29 is 21.3 Å². The van der Waals surface area contributed by atoms with Gasteiger partial charge in [-0.3, -0.25) is 0 Å². The van der Waals surface area contributed by atoms with E-state index in [0.29, 0.717) is 0 Å². The molecule has 0 unspecified atom stereocenters. The first kappa shape index (κ1) is 60.9. The van der Waals surface area contributed by atoms with Crippen molar-refractivity contribution in [1.82, 2.24) is 0 Å². The van der Waals surface area contributed by atoms with E-state index in [9.17, 15) is 0 Å². The summed E-state index contributed by atoms with van der Waals surface area (Å²) in [4.78, 5) is 3.12. The Morgan fingerprint density at radius 2 is 0.754 bits per heavy atom. The molecule has 0 radical (unpaired) electrons. The van der Waals surface area contributed by atoms with Gasteiger partial charge in [0.25, 0.3) is 5.87 Å². The second-order valence-corrected chi connectivity index (χ2v) is 17.5. The third-order valence-corrected chi connectivity index (χ3v) is 11.7. The molecule has 0 spiro atoms. The van der Waals surface area contributed by atoms with Crippen LogP contribution in [-0.4, -0.2) is 10.7 Å². The van der Waals surface area contributed by atoms with Gasteiger partial charge in [0.1, 0.15) is 0 Å². The number of hydrogen-bond donors (Lipinski definition) is 0. The van der Waals surface area contributed by atoms with Crippen LogP contribution in [0.1, 0.15) is 269 Å². The molecule has 0 aliphatic rings. The maximum absolute atomic E-state index is 9.00. The first-order valence-corrected chi connectivity index (χ1v) is 26.0. The van der Waals surface area contributed by atoms with E-state index in [1.54, 1.807) is 0 Å². The van der Waals surface area contributed by atoms with E-state index in [-0.39, 0.29) is 16.5 Å².